The molecule has 3 N–H and O–H groups in total. The van der Waals surface area contributed by atoms with E-state index in [4.69, 9.17) is 20.5 Å². The van der Waals surface area contributed by atoms with Gasteiger partial charge in [-0.2, -0.15) is 0 Å². The zero-order chi connectivity index (χ0) is 7.49. The van der Waals surface area contributed by atoms with Gasteiger partial charge in [0.25, 0.3) is 0 Å². The number of amides is 1. The Balaban J connectivity index is 3.75. The molecule has 0 spiro atoms. The Morgan fingerprint density at radius 1 is 1.67 bits per heavy atom. The molecule has 1 amide bonds. The number of halogens is 1. The van der Waals surface area contributed by atoms with E-state index in [1.165, 1.54) is 5.09 Å². The van der Waals surface area contributed by atoms with E-state index in [-0.39, 0.29) is 11.0 Å². The van der Waals surface area contributed by atoms with E-state index >= 15 is 0 Å². The summed E-state index contributed by atoms with van der Waals surface area (Å²) in [6.07, 6.45) is 0. The maximum atomic E-state index is 10.1. The van der Waals surface area contributed by atoms with Crippen LogP contribution in [0.15, 0.2) is 0 Å². The van der Waals surface area contributed by atoms with Crippen molar-refractivity contribution in [3.63, 3.8) is 0 Å². The van der Waals surface area contributed by atoms with E-state index in [1.807, 2.05) is 0 Å². The van der Waals surface area contributed by atoms with Gasteiger partial charge in [0.1, 0.15) is 0 Å². The Bertz CT molecular complexity index is 155. The zero-order valence-electron chi connectivity index (χ0n) is 3.94. The van der Waals surface area contributed by atoms with E-state index in [9.17, 15) is 9.36 Å². The van der Waals surface area contributed by atoms with Crippen LogP contribution in [-0.4, -0.2) is 15.0 Å². The third kappa shape index (κ3) is 6.14. The molecule has 0 bridgehead atoms. The van der Waals surface area contributed by atoms with Crippen LogP contribution in [0.4, 0.5) is 4.79 Å². The number of carbonyl (C=O) groups is 1. The van der Waals surface area contributed by atoms with Gasteiger partial charge in [0.2, 0.25) is 0 Å². The molecular weight excluding hydrogens is 189 g/mol. The van der Waals surface area contributed by atoms with Gasteiger partial charge in [0.15, 0.2) is 0 Å². The second-order valence-electron chi connectivity index (χ2n) is 1.02. The van der Waals surface area contributed by atoms with Crippen LogP contribution in [0.25, 0.3) is 0 Å². The van der Waals surface area contributed by atoms with Gasteiger partial charge in [0, 0.05) is 11.0 Å². The smallest absolute Gasteiger partial charge is 0.308 e. The number of hydrogen-bond acceptors (Lipinski definition) is 3. The van der Waals surface area contributed by atoms with E-state index < -0.39 is 13.0 Å². The Hall–Kier alpha value is 0.260. The van der Waals surface area contributed by atoms with Crippen molar-refractivity contribution < 1.29 is 19.1 Å². The number of carbonyl (C=O) groups excluding carboxylic acids is 1. The van der Waals surface area contributed by atoms with Crippen LogP contribution >= 0.6 is 29.4 Å². The summed E-state index contributed by atoms with van der Waals surface area (Å²) < 4.78 is 9.89. The minimum absolute atomic E-state index is 0.182. The Labute approximate surface area is 59.5 Å². The van der Waals surface area contributed by atoms with Crippen LogP contribution in [0.5, 0.6) is 0 Å². The molecular formula is CH3ClNO4PS. The Kier molecular flexibility index (Phi) is 3.53. The normalized spacial score (nSPS) is 11.0. The van der Waals surface area contributed by atoms with Crippen molar-refractivity contribution >= 4 is 34.6 Å². The highest BCUT2D eigenvalue weighted by Gasteiger charge is 2.15. The largest absolute Gasteiger partial charge is 0.430 e. The second kappa shape index (κ2) is 3.43. The molecule has 0 aliphatic rings. The molecule has 0 heterocycles. The molecule has 0 saturated carbocycles. The van der Waals surface area contributed by atoms with Crippen LogP contribution in [-0.2, 0) is 4.57 Å². The van der Waals surface area contributed by atoms with Crippen molar-refractivity contribution in [3.05, 3.63) is 0 Å². The first kappa shape index (κ1) is 9.26. The standard InChI is InChI=1S/CH3ClNO4PS/c2-9-1(4)3-8(5,6)7/h(H3,3,4,5,6,7). The lowest BCUT2D eigenvalue weighted by Crippen LogP contribution is -2.12. The van der Waals surface area contributed by atoms with Crippen molar-refractivity contribution in [2.75, 3.05) is 0 Å². The molecule has 0 aromatic heterocycles. The van der Waals surface area contributed by atoms with E-state index in [0.29, 0.717) is 0 Å². The first-order valence-corrected chi connectivity index (χ1v) is 4.87. The molecule has 9 heavy (non-hydrogen) atoms. The molecule has 0 aliphatic carbocycles. The van der Waals surface area contributed by atoms with Gasteiger partial charge in [-0.05, 0) is 10.7 Å². The first-order chi connectivity index (χ1) is 3.95. The van der Waals surface area contributed by atoms with Crippen LogP contribution in [0.1, 0.15) is 0 Å². The predicted molar refractivity (Wildman–Crippen MR) is 34.0 cm³/mol. The van der Waals surface area contributed by atoms with Crippen molar-refractivity contribution in [3.8, 4) is 0 Å². The first-order valence-electron chi connectivity index (χ1n) is 1.62. The molecule has 0 saturated heterocycles. The monoisotopic (exact) mass is 191 g/mol. The zero-order valence-corrected chi connectivity index (χ0v) is 6.41. The summed E-state index contributed by atoms with van der Waals surface area (Å²) in [5.74, 6) is 0. The third-order valence-corrected chi connectivity index (χ3v) is 1.62. The van der Waals surface area contributed by atoms with E-state index in [0.717, 1.165) is 0 Å². The molecule has 0 aromatic carbocycles. The fraction of sp³-hybridized carbons (Fsp3) is 0. The molecule has 0 radical (unpaired) electrons. The highest BCUT2D eigenvalue weighted by Crippen LogP contribution is 2.29. The maximum absolute atomic E-state index is 10.1. The Morgan fingerprint density at radius 3 is 2.22 bits per heavy atom. The topological polar surface area (TPSA) is 86.6 Å². The summed E-state index contributed by atoms with van der Waals surface area (Å²) in [6.45, 7) is 0. The summed E-state index contributed by atoms with van der Waals surface area (Å²) in [5, 5.41) is 0.360. The number of hydrogen-bond donors (Lipinski definition) is 3. The van der Waals surface area contributed by atoms with Gasteiger partial charge in [-0.25, -0.2) is 4.57 Å². The van der Waals surface area contributed by atoms with Crippen LogP contribution in [0, 0.1) is 0 Å². The number of nitrogens with one attached hydrogen (secondary N) is 1. The average molecular weight is 192 g/mol. The summed E-state index contributed by atoms with van der Waals surface area (Å²) in [6, 6.07) is 0. The van der Waals surface area contributed by atoms with Crippen LogP contribution < -0.4 is 5.09 Å². The molecule has 0 rings (SSSR count). The minimum Gasteiger partial charge on any atom is -0.308 e. The fourth-order valence-electron chi connectivity index (χ4n) is 0.136. The van der Waals surface area contributed by atoms with Crippen molar-refractivity contribution in [1.29, 1.82) is 0 Å². The maximum Gasteiger partial charge on any atom is 0.430 e. The molecule has 5 nitrogen and oxygen atoms in total. The highest BCUT2D eigenvalue weighted by molar-refractivity contribution is 8.32. The summed E-state index contributed by atoms with van der Waals surface area (Å²) in [5.41, 5.74) is 0. The number of rotatable bonds is 1. The fourth-order valence-corrected chi connectivity index (χ4v) is 1.18. The highest BCUT2D eigenvalue weighted by atomic mass is 35.7. The SMILES string of the molecule is O=C(NP(=O)(O)O)SCl. The second-order valence-corrected chi connectivity index (χ2v) is 3.32. The van der Waals surface area contributed by atoms with Gasteiger partial charge in [-0.15, -0.1) is 0 Å². The molecule has 0 aliphatic heterocycles. The van der Waals surface area contributed by atoms with Crippen LogP contribution in [0.2, 0.25) is 0 Å². The minimum atomic E-state index is -4.44. The molecule has 0 fully saturated rings. The summed E-state index contributed by atoms with van der Waals surface area (Å²) in [7, 11) is 0.558. The Morgan fingerprint density at radius 2 is 2.11 bits per heavy atom. The average Bonchev–Trinajstić information content (AvgIpc) is 1.62. The van der Waals surface area contributed by atoms with Crippen molar-refractivity contribution in [2.24, 2.45) is 0 Å². The molecule has 54 valence electrons. The van der Waals surface area contributed by atoms with E-state index in [1.54, 1.807) is 0 Å². The lowest BCUT2D eigenvalue weighted by atomic mass is 11.5. The van der Waals surface area contributed by atoms with Crippen molar-refractivity contribution in [2.45, 2.75) is 0 Å². The van der Waals surface area contributed by atoms with E-state index in [2.05, 4.69) is 0 Å². The van der Waals surface area contributed by atoms with Gasteiger partial charge < -0.3 is 9.79 Å². The summed E-state index contributed by atoms with van der Waals surface area (Å²) in [4.78, 5) is 26.1. The predicted octanol–water partition coefficient (Wildman–Crippen LogP) is 0.676. The van der Waals surface area contributed by atoms with Crippen LogP contribution in [0.3, 0.4) is 0 Å². The van der Waals surface area contributed by atoms with Gasteiger partial charge in [-0.1, -0.05) is 0 Å². The quantitative estimate of drug-likeness (QED) is 0.531. The van der Waals surface area contributed by atoms with Gasteiger partial charge in [-0.3, -0.25) is 9.88 Å². The lowest BCUT2D eigenvalue weighted by molar-refractivity contribution is 0.261. The molecule has 0 unspecified atom stereocenters. The summed E-state index contributed by atoms with van der Waals surface area (Å²) >= 11 is 0. The van der Waals surface area contributed by atoms with Gasteiger partial charge >= 0.3 is 13.0 Å². The molecule has 8 heteroatoms. The molecule has 0 aromatic rings. The van der Waals surface area contributed by atoms with Gasteiger partial charge in [0.05, 0.1) is 0 Å². The van der Waals surface area contributed by atoms with Crippen molar-refractivity contribution in [1.82, 2.24) is 5.09 Å². The molecule has 0 atom stereocenters. The lowest BCUT2D eigenvalue weighted by Gasteiger charge is -2.00. The third-order valence-electron chi connectivity index (χ3n) is 0.307.